The normalized spacial score (nSPS) is 11.7. The van der Waals surface area contributed by atoms with Gasteiger partial charge in [-0.05, 0) is 62.4 Å². The van der Waals surface area contributed by atoms with Crippen molar-refractivity contribution >= 4 is 27.9 Å². The van der Waals surface area contributed by atoms with Gasteiger partial charge in [0, 0.05) is 23.4 Å². The van der Waals surface area contributed by atoms with Gasteiger partial charge in [-0.25, -0.2) is 17.8 Å². The minimum atomic E-state index is -3.84. The van der Waals surface area contributed by atoms with Crippen LogP contribution in [0.1, 0.15) is 33.7 Å². The Bertz CT molecular complexity index is 1260. The van der Waals surface area contributed by atoms with Crippen LogP contribution in [0.4, 0.5) is 0 Å². The fourth-order valence-corrected chi connectivity index (χ4v) is 4.18. The van der Waals surface area contributed by atoms with Crippen LogP contribution in [0, 0.1) is 13.8 Å². The highest BCUT2D eigenvalue weighted by Crippen LogP contribution is 2.20. The molecule has 3 aromatic rings. The van der Waals surface area contributed by atoms with E-state index < -0.39 is 16.0 Å². The van der Waals surface area contributed by atoms with E-state index in [1.807, 2.05) is 48.9 Å². The van der Waals surface area contributed by atoms with Crippen molar-refractivity contribution in [2.45, 2.75) is 25.2 Å². The summed E-state index contributed by atoms with van der Waals surface area (Å²) < 4.78 is 28.4. The molecule has 0 aliphatic heterocycles. The Labute approximate surface area is 186 Å². The summed E-state index contributed by atoms with van der Waals surface area (Å²) in [7, 11) is -3.84. The van der Waals surface area contributed by atoms with Gasteiger partial charge in [-0.1, -0.05) is 18.2 Å². The second-order valence-electron chi connectivity index (χ2n) is 7.10. The highest BCUT2D eigenvalue weighted by molar-refractivity contribution is 7.89. The number of hydrogen-bond acceptors (Lipinski definition) is 5. The summed E-state index contributed by atoms with van der Waals surface area (Å²) in [6.07, 6.45) is 2.82. The second-order valence-corrected chi connectivity index (χ2v) is 8.86. The summed E-state index contributed by atoms with van der Waals surface area (Å²) in [6.45, 7) is 3.58. The molecular formula is C23H23N3O5S. The molecule has 0 radical (unpaired) electrons. The molecule has 1 aromatic heterocycles. The number of hydrogen-bond donors (Lipinski definition) is 2. The Balaban J connectivity index is 1.74. The molecule has 2 N–H and O–H groups in total. The van der Waals surface area contributed by atoms with Crippen molar-refractivity contribution in [1.29, 1.82) is 0 Å². The van der Waals surface area contributed by atoms with Gasteiger partial charge in [-0.15, -0.1) is 0 Å². The lowest BCUT2D eigenvalue weighted by atomic mass is 10.1. The quantitative estimate of drug-likeness (QED) is 0.380. The lowest BCUT2D eigenvalue weighted by Gasteiger charge is -2.06. The zero-order valence-electron chi connectivity index (χ0n) is 17.6. The number of carboxylic acid groups (broad SMARTS) is 1. The third kappa shape index (κ3) is 5.37. The van der Waals surface area contributed by atoms with Gasteiger partial charge in [0.2, 0.25) is 10.0 Å². The fourth-order valence-electron chi connectivity index (χ4n) is 3.15. The standard InChI is InChI=1S/C23H23N3O5S/c1-16-21(17(2)26(25-16)19-6-4-3-5-7-19)12-13-22(27)18-8-10-20(11-9-18)32(30,31)24-15-14-23(28)29/h3-13,24H,14-15H2,1-2H3,(H,28,29)/b13-12+. The van der Waals surface area contributed by atoms with Crippen LogP contribution in [0.15, 0.2) is 65.6 Å². The molecule has 3 rings (SSSR count). The SMILES string of the molecule is Cc1nn(-c2ccccc2)c(C)c1/C=C/C(=O)c1ccc(S(=O)(=O)NCCC(=O)O)cc1. The molecule has 0 atom stereocenters. The van der Waals surface area contributed by atoms with Gasteiger partial charge in [-0.3, -0.25) is 9.59 Å². The highest BCUT2D eigenvalue weighted by Gasteiger charge is 2.15. The number of nitrogens with zero attached hydrogens (tertiary/aromatic N) is 2. The van der Waals surface area contributed by atoms with Crippen molar-refractivity contribution < 1.29 is 23.1 Å². The van der Waals surface area contributed by atoms with Gasteiger partial charge >= 0.3 is 5.97 Å². The van der Waals surface area contributed by atoms with Crippen molar-refractivity contribution in [1.82, 2.24) is 14.5 Å². The number of aliphatic carboxylic acids is 1. The molecule has 0 bridgehead atoms. The topological polar surface area (TPSA) is 118 Å². The van der Waals surface area contributed by atoms with E-state index in [0.717, 1.165) is 22.6 Å². The molecule has 166 valence electrons. The maximum atomic E-state index is 12.6. The number of carbonyl (C=O) groups excluding carboxylic acids is 1. The summed E-state index contributed by atoms with van der Waals surface area (Å²) in [5.74, 6) is -1.38. The Kier molecular flexibility index (Phi) is 7.01. The predicted molar refractivity (Wildman–Crippen MR) is 120 cm³/mol. The van der Waals surface area contributed by atoms with E-state index in [9.17, 15) is 18.0 Å². The average molecular weight is 454 g/mol. The Hall–Kier alpha value is -3.56. The van der Waals surface area contributed by atoms with Crippen LogP contribution in [0.2, 0.25) is 0 Å². The Morgan fingerprint density at radius 1 is 1.06 bits per heavy atom. The molecule has 32 heavy (non-hydrogen) atoms. The van der Waals surface area contributed by atoms with Crippen molar-refractivity contribution in [2.24, 2.45) is 0 Å². The summed E-state index contributed by atoms with van der Waals surface area (Å²) >= 11 is 0. The zero-order valence-corrected chi connectivity index (χ0v) is 18.5. The van der Waals surface area contributed by atoms with E-state index in [1.165, 1.54) is 30.3 Å². The van der Waals surface area contributed by atoms with Crippen molar-refractivity contribution in [3.8, 4) is 5.69 Å². The van der Waals surface area contributed by atoms with E-state index in [0.29, 0.717) is 5.56 Å². The van der Waals surface area contributed by atoms with Crippen LogP contribution in [0.5, 0.6) is 0 Å². The van der Waals surface area contributed by atoms with Crippen LogP contribution < -0.4 is 4.72 Å². The van der Waals surface area contributed by atoms with E-state index in [1.54, 1.807) is 6.08 Å². The number of nitrogens with one attached hydrogen (secondary N) is 1. The van der Waals surface area contributed by atoms with Gasteiger partial charge in [0.15, 0.2) is 5.78 Å². The number of carbonyl (C=O) groups is 2. The Morgan fingerprint density at radius 3 is 2.34 bits per heavy atom. The first-order valence-corrected chi connectivity index (χ1v) is 11.3. The molecule has 0 unspecified atom stereocenters. The molecular weight excluding hydrogens is 430 g/mol. The maximum Gasteiger partial charge on any atom is 0.304 e. The van der Waals surface area contributed by atoms with Gasteiger partial charge in [0.05, 0.1) is 22.7 Å². The number of para-hydroxylation sites is 1. The number of allylic oxidation sites excluding steroid dienone is 1. The van der Waals surface area contributed by atoms with Gasteiger partial charge < -0.3 is 5.11 Å². The summed E-state index contributed by atoms with van der Waals surface area (Å²) in [6, 6.07) is 15.2. The van der Waals surface area contributed by atoms with Crippen molar-refractivity contribution in [2.75, 3.05) is 6.54 Å². The molecule has 0 fully saturated rings. The summed E-state index contributed by atoms with van der Waals surface area (Å²) in [5, 5.41) is 13.2. The number of aromatic nitrogens is 2. The summed E-state index contributed by atoms with van der Waals surface area (Å²) in [5.41, 5.74) is 3.77. The molecule has 0 saturated carbocycles. The summed E-state index contributed by atoms with van der Waals surface area (Å²) in [4.78, 5) is 23.1. The number of carboxylic acids is 1. The fraction of sp³-hybridized carbons (Fsp3) is 0.174. The average Bonchev–Trinajstić information content (AvgIpc) is 3.05. The molecule has 1 heterocycles. The molecule has 2 aromatic carbocycles. The van der Waals surface area contributed by atoms with Gasteiger partial charge in [0.25, 0.3) is 0 Å². The molecule has 0 saturated heterocycles. The lowest BCUT2D eigenvalue weighted by Crippen LogP contribution is -2.26. The number of rotatable bonds is 9. The second kappa shape index (κ2) is 9.71. The van der Waals surface area contributed by atoms with E-state index in [-0.39, 0.29) is 23.6 Å². The van der Waals surface area contributed by atoms with Crippen LogP contribution >= 0.6 is 0 Å². The number of sulfonamides is 1. The molecule has 8 nitrogen and oxygen atoms in total. The zero-order chi connectivity index (χ0) is 23.3. The van der Waals surface area contributed by atoms with Crippen LogP contribution in [-0.2, 0) is 14.8 Å². The van der Waals surface area contributed by atoms with E-state index in [2.05, 4.69) is 9.82 Å². The molecule has 0 aliphatic rings. The van der Waals surface area contributed by atoms with E-state index >= 15 is 0 Å². The van der Waals surface area contributed by atoms with Crippen molar-refractivity contribution in [3.05, 3.63) is 83.2 Å². The molecule has 0 amide bonds. The third-order valence-electron chi connectivity index (χ3n) is 4.83. The lowest BCUT2D eigenvalue weighted by molar-refractivity contribution is -0.136. The van der Waals surface area contributed by atoms with Gasteiger partial charge in [0.1, 0.15) is 0 Å². The minimum absolute atomic E-state index is 0.0424. The minimum Gasteiger partial charge on any atom is -0.481 e. The molecule has 9 heteroatoms. The van der Waals surface area contributed by atoms with E-state index in [4.69, 9.17) is 5.11 Å². The molecule has 0 aliphatic carbocycles. The highest BCUT2D eigenvalue weighted by atomic mass is 32.2. The smallest absolute Gasteiger partial charge is 0.304 e. The van der Waals surface area contributed by atoms with Gasteiger partial charge in [-0.2, -0.15) is 5.10 Å². The first-order chi connectivity index (χ1) is 15.2. The molecule has 0 spiro atoms. The van der Waals surface area contributed by atoms with Crippen LogP contribution in [0.25, 0.3) is 11.8 Å². The predicted octanol–water partition coefficient (Wildman–Crippen LogP) is 3.14. The maximum absolute atomic E-state index is 12.6. The largest absolute Gasteiger partial charge is 0.481 e. The third-order valence-corrected chi connectivity index (χ3v) is 6.31. The van der Waals surface area contributed by atoms with Crippen molar-refractivity contribution in [3.63, 3.8) is 0 Å². The first kappa shape index (κ1) is 23.1. The van der Waals surface area contributed by atoms with Crippen LogP contribution in [-0.4, -0.2) is 41.6 Å². The number of benzene rings is 2. The number of ketones is 1. The monoisotopic (exact) mass is 453 g/mol. The number of aryl methyl sites for hydroxylation is 1. The van der Waals surface area contributed by atoms with Crippen LogP contribution in [0.3, 0.4) is 0 Å². The Morgan fingerprint density at radius 2 is 1.72 bits per heavy atom. The first-order valence-electron chi connectivity index (χ1n) is 9.84.